The summed E-state index contributed by atoms with van der Waals surface area (Å²) in [4.78, 5) is 5.75. The molecule has 100 valence electrons. The summed E-state index contributed by atoms with van der Waals surface area (Å²) in [5, 5.41) is 0.978. The Morgan fingerprint density at radius 2 is 1.84 bits per heavy atom. The normalized spacial score (nSPS) is 21.2. The van der Waals surface area contributed by atoms with Gasteiger partial charge in [0.1, 0.15) is 16.5 Å². The van der Waals surface area contributed by atoms with Crippen LogP contribution in [0.5, 0.6) is 11.5 Å². The van der Waals surface area contributed by atoms with Gasteiger partial charge >= 0.3 is 0 Å². The number of hydrogen-bond donors (Lipinski definition) is 1. The zero-order valence-electron chi connectivity index (χ0n) is 10.9. The van der Waals surface area contributed by atoms with Crippen LogP contribution in [0.2, 0.25) is 0 Å². The van der Waals surface area contributed by atoms with Gasteiger partial charge in [0.25, 0.3) is 0 Å². The minimum Gasteiger partial charge on any atom is -0.497 e. The fourth-order valence-electron chi connectivity index (χ4n) is 2.06. The molecule has 1 aromatic carbocycles. The van der Waals surface area contributed by atoms with Crippen LogP contribution >= 0.6 is 11.3 Å². The van der Waals surface area contributed by atoms with Crippen LogP contribution in [-0.2, 0) is 0 Å². The number of methoxy groups -OCH3 is 2. The van der Waals surface area contributed by atoms with E-state index in [1.807, 2.05) is 24.4 Å². The van der Waals surface area contributed by atoms with Gasteiger partial charge in [-0.3, -0.25) is 0 Å². The number of rotatable bonds is 4. The van der Waals surface area contributed by atoms with Crippen molar-refractivity contribution >= 4 is 11.3 Å². The van der Waals surface area contributed by atoms with Crippen molar-refractivity contribution in [1.82, 2.24) is 4.98 Å². The van der Waals surface area contributed by atoms with Crippen LogP contribution < -0.4 is 15.2 Å². The average Bonchev–Trinajstić information content (AvgIpc) is 2.98. The summed E-state index contributed by atoms with van der Waals surface area (Å²) >= 11 is 1.70. The van der Waals surface area contributed by atoms with Crippen molar-refractivity contribution in [2.45, 2.75) is 18.4 Å². The molecule has 0 saturated heterocycles. The Labute approximate surface area is 116 Å². The largest absolute Gasteiger partial charge is 0.497 e. The number of ether oxygens (including phenoxy) is 2. The molecule has 19 heavy (non-hydrogen) atoms. The van der Waals surface area contributed by atoms with Crippen molar-refractivity contribution in [1.29, 1.82) is 0 Å². The van der Waals surface area contributed by atoms with Crippen molar-refractivity contribution in [2.24, 2.45) is 5.73 Å². The minimum atomic E-state index is 0.313. The fourth-order valence-corrected chi connectivity index (χ4v) is 3.16. The van der Waals surface area contributed by atoms with Gasteiger partial charge in [0, 0.05) is 34.7 Å². The van der Waals surface area contributed by atoms with E-state index in [9.17, 15) is 0 Å². The summed E-state index contributed by atoms with van der Waals surface area (Å²) in [5.41, 5.74) is 6.89. The molecule has 3 rings (SSSR count). The van der Waals surface area contributed by atoms with Crippen LogP contribution in [0, 0.1) is 0 Å². The first kappa shape index (κ1) is 12.4. The van der Waals surface area contributed by atoms with E-state index in [-0.39, 0.29) is 0 Å². The summed E-state index contributed by atoms with van der Waals surface area (Å²) in [5.74, 6) is 2.04. The molecule has 0 aliphatic heterocycles. The minimum absolute atomic E-state index is 0.313. The van der Waals surface area contributed by atoms with E-state index in [0.29, 0.717) is 12.0 Å². The summed E-state index contributed by atoms with van der Waals surface area (Å²) < 4.78 is 10.6. The highest BCUT2D eigenvalue weighted by atomic mass is 32.1. The molecular formula is C14H16N2O2S. The summed E-state index contributed by atoms with van der Waals surface area (Å²) in [7, 11) is 3.30. The molecule has 1 heterocycles. The molecule has 0 bridgehead atoms. The number of benzene rings is 1. The lowest BCUT2D eigenvalue weighted by Crippen LogP contribution is -1.99. The molecule has 0 amide bonds. The van der Waals surface area contributed by atoms with E-state index in [0.717, 1.165) is 28.5 Å². The summed E-state index contributed by atoms with van der Waals surface area (Å²) in [6, 6.07) is 6.11. The lowest BCUT2D eigenvalue weighted by Gasteiger charge is -2.06. The Kier molecular flexibility index (Phi) is 3.16. The standard InChI is InChI=1S/C14H16N2O2S/c1-17-9-3-8(4-10(5-9)18-2)14-16-7-13(19-14)11-6-12(11)15/h3-5,7,11-12H,6,15H2,1-2H3/t11-,12-/m1/s1. The summed E-state index contributed by atoms with van der Waals surface area (Å²) in [6.07, 6.45) is 3.01. The van der Waals surface area contributed by atoms with Crippen molar-refractivity contribution in [2.75, 3.05) is 14.2 Å². The first-order valence-electron chi connectivity index (χ1n) is 6.16. The fraction of sp³-hybridized carbons (Fsp3) is 0.357. The van der Waals surface area contributed by atoms with Gasteiger partial charge in [-0.25, -0.2) is 4.98 Å². The van der Waals surface area contributed by atoms with E-state index >= 15 is 0 Å². The van der Waals surface area contributed by atoms with E-state index in [1.165, 1.54) is 4.88 Å². The number of nitrogens with two attached hydrogens (primary N) is 1. The van der Waals surface area contributed by atoms with Crippen LogP contribution in [0.4, 0.5) is 0 Å². The third-order valence-electron chi connectivity index (χ3n) is 3.33. The van der Waals surface area contributed by atoms with Crippen molar-refractivity contribution in [3.63, 3.8) is 0 Å². The zero-order valence-corrected chi connectivity index (χ0v) is 11.7. The number of aromatic nitrogens is 1. The lowest BCUT2D eigenvalue weighted by atomic mass is 10.2. The van der Waals surface area contributed by atoms with E-state index < -0.39 is 0 Å². The first-order valence-corrected chi connectivity index (χ1v) is 6.97. The van der Waals surface area contributed by atoms with E-state index in [2.05, 4.69) is 4.98 Å². The molecule has 2 aromatic rings. The van der Waals surface area contributed by atoms with Crippen LogP contribution in [0.15, 0.2) is 24.4 Å². The van der Waals surface area contributed by atoms with Gasteiger partial charge in [0.2, 0.25) is 0 Å². The Hall–Kier alpha value is -1.59. The van der Waals surface area contributed by atoms with Crippen molar-refractivity contribution in [3.8, 4) is 22.1 Å². The van der Waals surface area contributed by atoms with Crippen molar-refractivity contribution in [3.05, 3.63) is 29.3 Å². The molecule has 2 N–H and O–H groups in total. The smallest absolute Gasteiger partial charge is 0.123 e. The maximum absolute atomic E-state index is 5.88. The van der Waals surface area contributed by atoms with E-state index in [1.54, 1.807) is 25.6 Å². The SMILES string of the molecule is COc1cc(OC)cc(-c2ncc([C@@H]3C[C@H]3N)s2)c1. The third-order valence-corrected chi connectivity index (χ3v) is 4.51. The van der Waals surface area contributed by atoms with Gasteiger partial charge in [-0.2, -0.15) is 0 Å². The molecule has 2 atom stereocenters. The van der Waals surface area contributed by atoms with Gasteiger partial charge in [-0.1, -0.05) is 0 Å². The van der Waals surface area contributed by atoms with E-state index in [4.69, 9.17) is 15.2 Å². The van der Waals surface area contributed by atoms with Gasteiger partial charge < -0.3 is 15.2 Å². The topological polar surface area (TPSA) is 57.4 Å². The monoisotopic (exact) mass is 276 g/mol. The van der Waals surface area contributed by atoms with Gasteiger partial charge in [0.05, 0.1) is 14.2 Å². The molecular weight excluding hydrogens is 260 g/mol. The Morgan fingerprint density at radius 3 is 2.37 bits per heavy atom. The lowest BCUT2D eigenvalue weighted by molar-refractivity contribution is 0.394. The van der Waals surface area contributed by atoms with Crippen molar-refractivity contribution < 1.29 is 9.47 Å². The molecule has 1 fully saturated rings. The van der Waals surface area contributed by atoms with Crippen LogP contribution in [0.3, 0.4) is 0 Å². The molecule has 1 saturated carbocycles. The van der Waals surface area contributed by atoms with Gasteiger partial charge in [0.15, 0.2) is 0 Å². The third kappa shape index (κ3) is 2.43. The second kappa shape index (κ2) is 4.83. The molecule has 0 unspecified atom stereocenters. The van der Waals surface area contributed by atoms with Gasteiger partial charge in [-0.15, -0.1) is 11.3 Å². The van der Waals surface area contributed by atoms with Crippen LogP contribution in [0.25, 0.3) is 10.6 Å². The molecule has 1 aliphatic carbocycles. The molecule has 1 aromatic heterocycles. The first-order chi connectivity index (χ1) is 9.21. The Morgan fingerprint density at radius 1 is 1.21 bits per heavy atom. The summed E-state index contributed by atoms with van der Waals surface area (Å²) in [6.45, 7) is 0. The predicted octanol–water partition coefficient (Wildman–Crippen LogP) is 2.64. The number of nitrogens with zero attached hydrogens (tertiary/aromatic N) is 1. The van der Waals surface area contributed by atoms with Gasteiger partial charge in [-0.05, 0) is 18.6 Å². The van der Waals surface area contributed by atoms with Crippen LogP contribution in [-0.4, -0.2) is 25.2 Å². The molecule has 5 heteroatoms. The highest BCUT2D eigenvalue weighted by molar-refractivity contribution is 7.15. The quantitative estimate of drug-likeness (QED) is 0.932. The maximum atomic E-state index is 5.88. The van der Waals surface area contributed by atoms with Crippen LogP contribution in [0.1, 0.15) is 17.2 Å². The second-order valence-electron chi connectivity index (χ2n) is 4.68. The zero-order chi connectivity index (χ0) is 13.4. The average molecular weight is 276 g/mol. The predicted molar refractivity (Wildman–Crippen MR) is 76.0 cm³/mol. The molecule has 0 spiro atoms. The Bertz CT molecular complexity index is 575. The molecule has 0 radical (unpaired) electrons. The number of hydrogen-bond acceptors (Lipinski definition) is 5. The maximum Gasteiger partial charge on any atom is 0.123 e. The highest BCUT2D eigenvalue weighted by Gasteiger charge is 2.36. The number of thiazole rings is 1. The molecule has 4 nitrogen and oxygen atoms in total. The second-order valence-corrected chi connectivity index (χ2v) is 5.74. The Balaban J connectivity index is 1.94. The highest BCUT2D eigenvalue weighted by Crippen LogP contribution is 2.43. The molecule has 1 aliphatic rings.